The molecule has 1 aromatic heterocycles. The first-order chi connectivity index (χ1) is 6.53. The Morgan fingerprint density at radius 3 is 2.86 bits per heavy atom. The van der Waals surface area contributed by atoms with Crippen LogP contribution in [0, 0.1) is 0 Å². The van der Waals surface area contributed by atoms with Gasteiger partial charge in [-0.1, -0.05) is 0 Å². The Bertz CT molecular complexity index is 264. The molecule has 0 spiro atoms. The normalized spacial score (nSPS) is 12.4. The molecule has 1 aromatic rings. The molecule has 0 bridgehead atoms. The molecule has 80 valence electrons. The van der Waals surface area contributed by atoms with Crippen molar-refractivity contribution < 1.29 is 8.78 Å². The smallest absolute Gasteiger partial charge is 0.272 e. The molecule has 0 radical (unpaired) electrons. The second-order valence-corrected chi connectivity index (χ2v) is 4.17. The monoisotopic (exact) mass is 221 g/mol. The quantitative estimate of drug-likeness (QED) is 0.811. The van der Waals surface area contributed by atoms with Gasteiger partial charge in [0, 0.05) is 17.6 Å². The van der Waals surface area contributed by atoms with E-state index in [1.54, 1.807) is 23.7 Å². The number of aromatic nitrogens is 1. The molecule has 6 heteroatoms. The van der Waals surface area contributed by atoms with E-state index in [1.165, 1.54) is 11.3 Å². The highest BCUT2D eigenvalue weighted by molar-refractivity contribution is 7.09. The van der Waals surface area contributed by atoms with Crippen molar-refractivity contribution in [3.63, 3.8) is 0 Å². The van der Waals surface area contributed by atoms with Gasteiger partial charge in [0.2, 0.25) is 0 Å². The minimum absolute atomic E-state index is 0.318. The second kappa shape index (κ2) is 4.77. The van der Waals surface area contributed by atoms with Crippen molar-refractivity contribution in [2.24, 2.45) is 5.73 Å². The van der Waals surface area contributed by atoms with E-state index in [1.807, 2.05) is 0 Å². The van der Waals surface area contributed by atoms with Crippen molar-refractivity contribution in [1.82, 2.24) is 9.88 Å². The molecular weight excluding hydrogens is 208 g/mol. The zero-order valence-corrected chi connectivity index (χ0v) is 8.73. The fourth-order valence-corrected chi connectivity index (χ4v) is 1.78. The molecule has 2 N–H and O–H groups in total. The van der Waals surface area contributed by atoms with Gasteiger partial charge in [-0.2, -0.15) is 0 Å². The third-order valence-electron chi connectivity index (χ3n) is 1.71. The maximum absolute atomic E-state index is 12.9. The first kappa shape index (κ1) is 11.5. The second-order valence-electron chi connectivity index (χ2n) is 3.20. The molecule has 0 aliphatic rings. The van der Waals surface area contributed by atoms with Crippen LogP contribution in [0.1, 0.15) is 4.88 Å². The number of nitrogens with two attached hydrogens (primary N) is 1. The summed E-state index contributed by atoms with van der Waals surface area (Å²) in [5.41, 5.74) is 6.63. The summed E-state index contributed by atoms with van der Waals surface area (Å²) in [6, 6.07) is 0. The minimum Gasteiger partial charge on any atom is -0.325 e. The average Bonchev–Trinajstić information content (AvgIpc) is 2.55. The van der Waals surface area contributed by atoms with Crippen molar-refractivity contribution in [2.45, 2.75) is 12.5 Å². The molecule has 0 aromatic carbocycles. The number of thiazole rings is 1. The largest absolute Gasteiger partial charge is 0.325 e. The SMILES string of the molecule is CN(Cc1cncs1)CC(F)(F)CN. The first-order valence-electron chi connectivity index (χ1n) is 4.17. The van der Waals surface area contributed by atoms with Gasteiger partial charge < -0.3 is 5.73 Å². The Kier molecular flexibility index (Phi) is 3.91. The van der Waals surface area contributed by atoms with E-state index >= 15 is 0 Å². The van der Waals surface area contributed by atoms with Crippen LogP contribution in [0.15, 0.2) is 11.7 Å². The van der Waals surface area contributed by atoms with Crippen LogP contribution in [-0.2, 0) is 6.54 Å². The van der Waals surface area contributed by atoms with Gasteiger partial charge in [0.25, 0.3) is 5.92 Å². The molecule has 3 nitrogen and oxygen atoms in total. The van der Waals surface area contributed by atoms with E-state index in [2.05, 4.69) is 4.98 Å². The predicted molar refractivity (Wildman–Crippen MR) is 52.4 cm³/mol. The summed E-state index contributed by atoms with van der Waals surface area (Å²) in [7, 11) is 1.64. The summed E-state index contributed by atoms with van der Waals surface area (Å²) in [6.07, 6.45) is 1.68. The van der Waals surface area contributed by atoms with Crippen LogP contribution >= 0.6 is 11.3 Å². The third-order valence-corrected chi connectivity index (χ3v) is 2.47. The topological polar surface area (TPSA) is 42.2 Å². The maximum Gasteiger partial charge on any atom is 0.272 e. The average molecular weight is 221 g/mol. The highest BCUT2D eigenvalue weighted by Gasteiger charge is 2.28. The van der Waals surface area contributed by atoms with E-state index in [4.69, 9.17) is 5.73 Å². The lowest BCUT2D eigenvalue weighted by Gasteiger charge is -2.21. The van der Waals surface area contributed by atoms with Gasteiger partial charge >= 0.3 is 0 Å². The number of alkyl halides is 2. The van der Waals surface area contributed by atoms with E-state index in [-0.39, 0.29) is 6.54 Å². The molecule has 1 heterocycles. The number of halogens is 2. The highest BCUT2D eigenvalue weighted by Crippen LogP contribution is 2.15. The molecule has 0 amide bonds. The third kappa shape index (κ3) is 3.65. The van der Waals surface area contributed by atoms with E-state index in [0.29, 0.717) is 6.54 Å². The maximum atomic E-state index is 12.9. The molecule has 0 unspecified atom stereocenters. The van der Waals surface area contributed by atoms with E-state index in [9.17, 15) is 8.78 Å². The van der Waals surface area contributed by atoms with Gasteiger partial charge in [-0.15, -0.1) is 11.3 Å². The summed E-state index contributed by atoms with van der Waals surface area (Å²) in [4.78, 5) is 6.39. The molecule has 0 aliphatic carbocycles. The Labute approximate surface area is 85.5 Å². The van der Waals surface area contributed by atoms with Crippen LogP contribution in [0.2, 0.25) is 0 Å². The molecule has 0 saturated carbocycles. The molecule has 0 aliphatic heterocycles. The summed E-state index contributed by atoms with van der Waals surface area (Å²) in [6.45, 7) is -0.443. The van der Waals surface area contributed by atoms with Crippen LogP contribution < -0.4 is 5.73 Å². The number of rotatable bonds is 5. The molecule has 0 saturated heterocycles. The number of hydrogen-bond donors (Lipinski definition) is 1. The van der Waals surface area contributed by atoms with Crippen LogP contribution in [-0.4, -0.2) is 35.9 Å². The lowest BCUT2D eigenvalue weighted by molar-refractivity contribution is -0.0189. The minimum atomic E-state index is -2.81. The fourth-order valence-electron chi connectivity index (χ4n) is 1.10. The van der Waals surface area contributed by atoms with Gasteiger partial charge in [0.05, 0.1) is 18.6 Å². The lowest BCUT2D eigenvalue weighted by Crippen LogP contribution is -2.39. The van der Waals surface area contributed by atoms with Crippen LogP contribution in [0.3, 0.4) is 0 Å². The molecule has 0 fully saturated rings. The van der Waals surface area contributed by atoms with E-state index in [0.717, 1.165) is 4.88 Å². The Balaban J connectivity index is 2.40. The fraction of sp³-hybridized carbons (Fsp3) is 0.625. The van der Waals surface area contributed by atoms with Gasteiger partial charge in [-0.25, -0.2) is 8.78 Å². The molecule has 14 heavy (non-hydrogen) atoms. The Morgan fingerprint density at radius 1 is 1.64 bits per heavy atom. The summed E-state index contributed by atoms with van der Waals surface area (Å²) >= 11 is 1.46. The Morgan fingerprint density at radius 2 is 2.36 bits per heavy atom. The van der Waals surface area contributed by atoms with E-state index < -0.39 is 12.5 Å². The highest BCUT2D eigenvalue weighted by atomic mass is 32.1. The number of hydrogen-bond acceptors (Lipinski definition) is 4. The molecule has 0 atom stereocenters. The van der Waals surface area contributed by atoms with Crippen molar-refractivity contribution in [3.05, 3.63) is 16.6 Å². The van der Waals surface area contributed by atoms with Gasteiger partial charge in [-0.05, 0) is 7.05 Å². The summed E-state index contributed by atoms with van der Waals surface area (Å²) in [5, 5.41) is 0. The van der Waals surface area contributed by atoms with Crippen molar-refractivity contribution in [3.8, 4) is 0 Å². The van der Waals surface area contributed by atoms with Crippen molar-refractivity contribution in [2.75, 3.05) is 20.1 Å². The molecule has 1 rings (SSSR count). The molecular formula is C8H13F2N3S. The summed E-state index contributed by atoms with van der Waals surface area (Å²) < 4.78 is 25.7. The zero-order chi connectivity index (χ0) is 10.6. The summed E-state index contributed by atoms with van der Waals surface area (Å²) in [5.74, 6) is -2.81. The van der Waals surface area contributed by atoms with Crippen molar-refractivity contribution in [1.29, 1.82) is 0 Å². The Hall–Kier alpha value is -0.590. The van der Waals surface area contributed by atoms with Crippen molar-refractivity contribution >= 4 is 11.3 Å². The van der Waals surface area contributed by atoms with Gasteiger partial charge in [0.15, 0.2) is 0 Å². The zero-order valence-electron chi connectivity index (χ0n) is 7.91. The van der Waals surface area contributed by atoms with Crippen LogP contribution in [0.4, 0.5) is 8.78 Å². The standard InChI is InChI=1S/C8H13F2N3S/c1-13(5-8(9,10)4-11)3-7-2-12-6-14-7/h2,6H,3-5,11H2,1H3. The predicted octanol–water partition coefficient (Wildman–Crippen LogP) is 1.17. The van der Waals surface area contributed by atoms with Crippen LogP contribution in [0.5, 0.6) is 0 Å². The lowest BCUT2D eigenvalue weighted by atomic mass is 10.3. The van der Waals surface area contributed by atoms with Gasteiger partial charge in [-0.3, -0.25) is 9.88 Å². The van der Waals surface area contributed by atoms with Crippen LogP contribution in [0.25, 0.3) is 0 Å². The van der Waals surface area contributed by atoms with Gasteiger partial charge in [0.1, 0.15) is 0 Å². The first-order valence-corrected chi connectivity index (χ1v) is 5.05. The number of nitrogens with zero attached hydrogens (tertiary/aromatic N) is 2.